The third-order valence-electron chi connectivity index (χ3n) is 6.28. The fourth-order valence-corrected chi connectivity index (χ4v) is 4.60. The Labute approximate surface area is 202 Å². The second-order valence-corrected chi connectivity index (χ2v) is 8.46. The molecule has 0 aliphatic carbocycles. The van der Waals surface area contributed by atoms with E-state index in [-0.39, 0.29) is 5.92 Å². The molecule has 34 heavy (non-hydrogen) atoms. The second-order valence-electron chi connectivity index (χ2n) is 8.46. The summed E-state index contributed by atoms with van der Waals surface area (Å²) in [7, 11) is 0. The lowest BCUT2D eigenvalue weighted by Gasteiger charge is -2.24. The summed E-state index contributed by atoms with van der Waals surface area (Å²) in [5.74, 6) is 0.0148. The summed E-state index contributed by atoms with van der Waals surface area (Å²) in [5.41, 5.74) is 9.52. The van der Waals surface area contributed by atoms with E-state index >= 15 is 0 Å². The summed E-state index contributed by atoms with van der Waals surface area (Å²) in [6, 6.07) is 42.4. The van der Waals surface area contributed by atoms with E-state index in [1.807, 2.05) is 12.3 Å². The third kappa shape index (κ3) is 4.60. The topological polar surface area (TPSA) is 12.4 Å². The Hall–Kier alpha value is -4.23. The molecule has 1 aliphatic heterocycles. The Balaban J connectivity index is 1.75. The molecule has 4 aromatic carbocycles. The monoisotopic (exact) mass is 437 g/mol. The summed E-state index contributed by atoms with van der Waals surface area (Å²) < 4.78 is 0. The van der Waals surface area contributed by atoms with E-state index in [4.69, 9.17) is 4.99 Å². The van der Waals surface area contributed by atoms with E-state index in [2.05, 4.69) is 134 Å². The normalized spacial score (nSPS) is 16.2. The van der Waals surface area contributed by atoms with E-state index in [0.717, 1.165) is 16.8 Å². The highest BCUT2D eigenvalue weighted by atomic mass is 14.7. The van der Waals surface area contributed by atoms with Crippen LogP contribution in [0.4, 0.5) is 0 Å². The quantitative estimate of drug-likeness (QED) is 0.297. The Bertz CT molecular complexity index is 1360. The van der Waals surface area contributed by atoms with E-state index < -0.39 is 0 Å². The van der Waals surface area contributed by atoms with Crippen molar-refractivity contribution in [1.82, 2.24) is 0 Å². The molecular weight excluding hydrogens is 410 g/mol. The van der Waals surface area contributed by atoms with Gasteiger partial charge in [-0.1, -0.05) is 127 Å². The fraction of sp³-hybridized carbons (Fsp3) is 0.0606. The number of hydrogen-bond acceptors (Lipinski definition) is 1. The van der Waals surface area contributed by atoms with Gasteiger partial charge in [0.05, 0.1) is 11.6 Å². The minimum absolute atomic E-state index is 0.0148. The van der Waals surface area contributed by atoms with Crippen molar-refractivity contribution in [2.75, 3.05) is 0 Å². The minimum Gasteiger partial charge on any atom is -0.260 e. The Morgan fingerprint density at radius 3 is 1.74 bits per heavy atom. The van der Waals surface area contributed by atoms with Crippen LogP contribution in [0.5, 0.6) is 0 Å². The fourth-order valence-electron chi connectivity index (χ4n) is 4.60. The molecule has 4 aromatic rings. The molecule has 0 unspecified atom stereocenters. The average molecular weight is 438 g/mol. The number of hydrogen-bond donors (Lipinski definition) is 0. The van der Waals surface area contributed by atoms with Crippen molar-refractivity contribution in [3.8, 4) is 0 Å². The standard InChI is InChI=1S/C33H27N/c1-25-30(27-16-8-3-9-17-27)24-34-31(23-22-26-14-6-2-7-15-26)33(29-20-12-5-13-21-29)32(25)28-18-10-4-11-19-28/h2-24,33H,1H3/b23-22+/t33-/m0/s1. The van der Waals surface area contributed by atoms with Gasteiger partial charge in [0.15, 0.2) is 0 Å². The summed E-state index contributed by atoms with van der Waals surface area (Å²) >= 11 is 0. The van der Waals surface area contributed by atoms with Gasteiger partial charge in [0, 0.05) is 11.8 Å². The van der Waals surface area contributed by atoms with Crippen LogP contribution < -0.4 is 0 Å². The number of aliphatic imine (C=N–C) groups is 1. The zero-order chi connectivity index (χ0) is 23.2. The molecule has 1 heterocycles. The second kappa shape index (κ2) is 10.1. The lowest BCUT2D eigenvalue weighted by atomic mass is 9.79. The first-order valence-corrected chi connectivity index (χ1v) is 11.7. The number of nitrogens with zero attached hydrogens (tertiary/aromatic N) is 1. The van der Waals surface area contributed by atoms with Gasteiger partial charge in [0.25, 0.3) is 0 Å². The predicted molar refractivity (Wildman–Crippen MR) is 146 cm³/mol. The van der Waals surface area contributed by atoms with Crippen LogP contribution in [0.3, 0.4) is 0 Å². The Morgan fingerprint density at radius 2 is 1.12 bits per heavy atom. The van der Waals surface area contributed by atoms with E-state index in [1.165, 1.54) is 27.8 Å². The molecule has 1 nitrogen and oxygen atoms in total. The molecule has 1 heteroatoms. The van der Waals surface area contributed by atoms with Crippen molar-refractivity contribution in [2.24, 2.45) is 4.99 Å². The van der Waals surface area contributed by atoms with Crippen molar-refractivity contribution in [2.45, 2.75) is 12.8 Å². The molecule has 164 valence electrons. The van der Waals surface area contributed by atoms with Crippen LogP contribution in [0.1, 0.15) is 35.1 Å². The number of rotatable bonds is 5. The van der Waals surface area contributed by atoms with E-state index in [1.54, 1.807) is 0 Å². The molecule has 1 aliphatic rings. The zero-order valence-electron chi connectivity index (χ0n) is 19.3. The molecule has 5 rings (SSSR count). The Morgan fingerprint density at radius 1 is 0.588 bits per heavy atom. The van der Waals surface area contributed by atoms with Gasteiger partial charge in [-0.15, -0.1) is 0 Å². The van der Waals surface area contributed by atoms with Gasteiger partial charge in [-0.25, -0.2) is 0 Å². The Kier molecular flexibility index (Phi) is 6.45. The van der Waals surface area contributed by atoms with Gasteiger partial charge in [0.2, 0.25) is 0 Å². The van der Waals surface area contributed by atoms with Crippen LogP contribution in [0.2, 0.25) is 0 Å². The zero-order valence-corrected chi connectivity index (χ0v) is 19.3. The highest BCUT2D eigenvalue weighted by molar-refractivity contribution is 6.13. The van der Waals surface area contributed by atoms with Crippen molar-refractivity contribution in [3.63, 3.8) is 0 Å². The van der Waals surface area contributed by atoms with Gasteiger partial charge in [-0.3, -0.25) is 4.99 Å². The van der Waals surface area contributed by atoms with E-state index in [9.17, 15) is 0 Å². The predicted octanol–water partition coefficient (Wildman–Crippen LogP) is 8.45. The van der Waals surface area contributed by atoms with Crippen molar-refractivity contribution in [1.29, 1.82) is 0 Å². The SMILES string of the molecule is CC1=C(c2ccccc2)[C@@H](c2ccccc2)C(/C=C/c2ccccc2)=NC=C1c1ccccc1. The summed E-state index contributed by atoms with van der Waals surface area (Å²) in [6.07, 6.45) is 6.38. The molecule has 0 saturated carbocycles. The molecular formula is C33H27N. The van der Waals surface area contributed by atoms with Gasteiger partial charge in [-0.2, -0.15) is 0 Å². The maximum atomic E-state index is 5.11. The molecule has 0 amide bonds. The third-order valence-corrected chi connectivity index (χ3v) is 6.28. The van der Waals surface area contributed by atoms with Crippen LogP contribution in [-0.2, 0) is 0 Å². The van der Waals surface area contributed by atoms with Crippen LogP contribution in [0.15, 0.2) is 144 Å². The van der Waals surface area contributed by atoms with Gasteiger partial charge in [-0.05, 0) is 46.4 Å². The largest absolute Gasteiger partial charge is 0.260 e. The molecule has 1 atom stereocenters. The van der Waals surface area contributed by atoms with Gasteiger partial charge in [0.1, 0.15) is 0 Å². The lowest BCUT2D eigenvalue weighted by molar-refractivity contribution is 1.15. The van der Waals surface area contributed by atoms with Crippen molar-refractivity contribution < 1.29 is 0 Å². The molecule has 0 radical (unpaired) electrons. The molecule has 0 N–H and O–H groups in total. The summed E-state index contributed by atoms with van der Waals surface area (Å²) in [4.78, 5) is 5.11. The lowest BCUT2D eigenvalue weighted by Crippen LogP contribution is -2.13. The maximum Gasteiger partial charge on any atom is 0.0523 e. The highest BCUT2D eigenvalue weighted by Crippen LogP contribution is 2.42. The highest BCUT2D eigenvalue weighted by Gasteiger charge is 2.27. The van der Waals surface area contributed by atoms with Crippen molar-refractivity contribution in [3.05, 3.63) is 161 Å². The van der Waals surface area contributed by atoms with Crippen LogP contribution >= 0.6 is 0 Å². The van der Waals surface area contributed by atoms with Crippen LogP contribution in [0.25, 0.3) is 17.2 Å². The maximum absolute atomic E-state index is 5.11. The van der Waals surface area contributed by atoms with Crippen LogP contribution in [-0.4, -0.2) is 5.71 Å². The van der Waals surface area contributed by atoms with Crippen molar-refractivity contribution >= 4 is 22.9 Å². The number of benzene rings is 4. The molecule has 0 saturated heterocycles. The first-order valence-electron chi connectivity index (χ1n) is 11.7. The first kappa shape index (κ1) is 21.6. The van der Waals surface area contributed by atoms with Gasteiger partial charge < -0.3 is 0 Å². The average Bonchev–Trinajstić information content (AvgIpc) is 3.05. The summed E-state index contributed by atoms with van der Waals surface area (Å²) in [5, 5.41) is 0. The molecule has 0 bridgehead atoms. The smallest absolute Gasteiger partial charge is 0.0523 e. The molecule has 0 fully saturated rings. The molecule has 0 spiro atoms. The number of allylic oxidation sites excluding steroid dienone is 4. The van der Waals surface area contributed by atoms with Crippen LogP contribution in [0, 0.1) is 0 Å². The van der Waals surface area contributed by atoms with E-state index in [0.29, 0.717) is 0 Å². The summed E-state index contributed by atoms with van der Waals surface area (Å²) in [6.45, 7) is 2.23. The van der Waals surface area contributed by atoms with Gasteiger partial charge >= 0.3 is 0 Å². The molecule has 0 aromatic heterocycles. The minimum atomic E-state index is 0.0148. The first-order chi connectivity index (χ1) is 16.8.